The van der Waals surface area contributed by atoms with Crippen LogP contribution < -0.4 is 10.6 Å². The normalized spacial score (nSPS) is 23.8. The molecule has 98 valence electrons. The zero-order chi connectivity index (χ0) is 13.6. The molecule has 0 spiro atoms. The average Bonchev–Trinajstić information content (AvgIpc) is 2.71. The molecular weight excluding hydrogens is 298 g/mol. The largest absolute Gasteiger partial charge is 0.451 e. The minimum atomic E-state index is -1.01. The molecule has 1 aliphatic rings. The summed E-state index contributed by atoms with van der Waals surface area (Å²) in [6.07, 6.45) is 0. The van der Waals surface area contributed by atoms with Gasteiger partial charge in [0.1, 0.15) is 5.76 Å². The molecule has 1 aliphatic heterocycles. The van der Waals surface area contributed by atoms with Gasteiger partial charge in [-0.15, -0.1) is 0 Å². The molecule has 18 heavy (non-hydrogen) atoms. The van der Waals surface area contributed by atoms with Crippen LogP contribution in [-0.2, 0) is 10.3 Å². The van der Waals surface area contributed by atoms with Crippen molar-refractivity contribution in [2.24, 2.45) is 4.99 Å². The first-order chi connectivity index (χ1) is 8.21. The lowest BCUT2D eigenvalue weighted by molar-refractivity contribution is -0.124. The monoisotopic (exact) mass is 313 g/mol. The SMILES string of the molecule is CC(C)(C)NC1=NC(C)(c2ccc(Br)o2)C(=O)N1. The van der Waals surface area contributed by atoms with Gasteiger partial charge in [0.05, 0.1) is 0 Å². The fourth-order valence-electron chi connectivity index (χ4n) is 1.69. The van der Waals surface area contributed by atoms with Gasteiger partial charge in [-0.3, -0.25) is 10.1 Å². The summed E-state index contributed by atoms with van der Waals surface area (Å²) in [6.45, 7) is 7.73. The van der Waals surface area contributed by atoms with Gasteiger partial charge in [-0.2, -0.15) is 0 Å². The van der Waals surface area contributed by atoms with E-state index in [0.29, 0.717) is 16.4 Å². The summed E-state index contributed by atoms with van der Waals surface area (Å²) in [5.74, 6) is 0.788. The first-order valence-corrected chi connectivity index (χ1v) is 6.45. The Morgan fingerprint density at radius 3 is 2.61 bits per heavy atom. The summed E-state index contributed by atoms with van der Waals surface area (Å²) >= 11 is 3.22. The van der Waals surface area contributed by atoms with Crippen LogP contribution in [0.4, 0.5) is 0 Å². The molecule has 2 N–H and O–H groups in total. The number of carbonyl (C=O) groups is 1. The van der Waals surface area contributed by atoms with Crippen LogP contribution in [0.2, 0.25) is 0 Å². The van der Waals surface area contributed by atoms with Gasteiger partial charge in [-0.1, -0.05) is 0 Å². The summed E-state index contributed by atoms with van der Waals surface area (Å²) in [7, 11) is 0. The molecule has 0 aliphatic carbocycles. The van der Waals surface area contributed by atoms with E-state index in [2.05, 4.69) is 31.6 Å². The zero-order valence-electron chi connectivity index (χ0n) is 10.8. The van der Waals surface area contributed by atoms with Gasteiger partial charge in [0, 0.05) is 5.54 Å². The molecule has 1 amide bonds. The third-order valence-electron chi connectivity index (χ3n) is 2.56. The van der Waals surface area contributed by atoms with Crippen molar-refractivity contribution in [3.8, 4) is 0 Å². The highest BCUT2D eigenvalue weighted by atomic mass is 79.9. The first-order valence-electron chi connectivity index (χ1n) is 5.66. The van der Waals surface area contributed by atoms with Gasteiger partial charge >= 0.3 is 0 Å². The number of nitrogens with one attached hydrogen (secondary N) is 2. The van der Waals surface area contributed by atoms with Crippen molar-refractivity contribution < 1.29 is 9.21 Å². The lowest BCUT2D eigenvalue weighted by Crippen LogP contribution is -2.47. The summed E-state index contributed by atoms with van der Waals surface area (Å²) in [6, 6.07) is 3.49. The molecule has 1 atom stereocenters. The second kappa shape index (κ2) is 4.12. The van der Waals surface area contributed by atoms with Crippen molar-refractivity contribution in [3.05, 3.63) is 22.6 Å². The van der Waals surface area contributed by atoms with Crippen LogP contribution in [0.15, 0.2) is 26.2 Å². The molecule has 0 bridgehead atoms. The van der Waals surface area contributed by atoms with E-state index in [1.165, 1.54) is 0 Å². The molecule has 0 fully saturated rings. The Balaban J connectivity index is 2.31. The van der Waals surface area contributed by atoms with E-state index in [9.17, 15) is 4.79 Å². The van der Waals surface area contributed by atoms with Crippen molar-refractivity contribution in [3.63, 3.8) is 0 Å². The molecular formula is C12H16BrN3O2. The second-order valence-electron chi connectivity index (χ2n) is 5.47. The number of furan rings is 1. The van der Waals surface area contributed by atoms with Crippen LogP contribution in [0, 0.1) is 0 Å². The van der Waals surface area contributed by atoms with E-state index in [4.69, 9.17) is 4.42 Å². The summed E-state index contributed by atoms with van der Waals surface area (Å²) in [4.78, 5) is 16.5. The van der Waals surface area contributed by atoms with Gasteiger partial charge in [0.15, 0.2) is 16.2 Å². The fourth-order valence-corrected chi connectivity index (χ4v) is 2.00. The molecule has 6 heteroatoms. The van der Waals surface area contributed by atoms with E-state index in [-0.39, 0.29) is 11.4 Å². The van der Waals surface area contributed by atoms with E-state index >= 15 is 0 Å². The van der Waals surface area contributed by atoms with Crippen LogP contribution in [0.25, 0.3) is 0 Å². The maximum atomic E-state index is 12.1. The van der Waals surface area contributed by atoms with Gasteiger partial charge in [-0.25, -0.2) is 4.99 Å². The predicted molar refractivity (Wildman–Crippen MR) is 72.2 cm³/mol. The highest BCUT2D eigenvalue weighted by molar-refractivity contribution is 9.10. The number of rotatable bonds is 1. The molecule has 1 aromatic rings. The Hall–Kier alpha value is -1.30. The van der Waals surface area contributed by atoms with Gasteiger partial charge in [-0.05, 0) is 55.8 Å². The highest BCUT2D eigenvalue weighted by Gasteiger charge is 2.44. The Kier molecular flexibility index (Phi) is 3.01. The molecule has 0 saturated carbocycles. The topological polar surface area (TPSA) is 66.6 Å². The average molecular weight is 314 g/mol. The minimum Gasteiger partial charge on any atom is -0.451 e. The maximum absolute atomic E-state index is 12.1. The Morgan fingerprint density at radius 1 is 1.44 bits per heavy atom. The minimum absolute atomic E-state index is 0.166. The number of guanidine groups is 1. The number of nitrogens with zero attached hydrogens (tertiary/aromatic N) is 1. The lowest BCUT2D eigenvalue weighted by Gasteiger charge is -2.21. The standard InChI is InChI=1S/C12H16BrN3O2/c1-11(2,3)15-10-14-9(17)12(4,16-10)7-5-6-8(13)18-7/h5-6H,1-4H3,(H2,14,15,16,17). The smallest absolute Gasteiger partial charge is 0.262 e. The van der Waals surface area contributed by atoms with Crippen molar-refractivity contribution in [1.29, 1.82) is 0 Å². The summed E-state index contributed by atoms with van der Waals surface area (Å²) in [5.41, 5.74) is -1.18. The maximum Gasteiger partial charge on any atom is 0.262 e. The van der Waals surface area contributed by atoms with Crippen molar-refractivity contribution in [1.82, 2.24) is 10.6 Å². The zero-order valence-corrected chi connectivity index (χ0v) is 12.4. The number of hydrogen-bond donors (Lipinski definition) is 2. The van der Waals surface area contributed by atoms with E-state index in [1.54, 1.807) is 19.1 Å². The fraction of sp³-hybridized carbons (Fsp3) is 0.500. The summed E-state index contributed by atoms with van der Waals surface area (Å²) < 4.78 is 6.02. The van der Waals surface area contributed by atoms with Crippen molar-refractivity contribution in [2.45, 2.75) is 38.8 Å². The third-order valence-corrected chi connectivity index (χ3v) is 2.98. The van der Waals surface area contributed by atoms with Crippen molar-refractivity contribution in [2.75, 3.05) is 0 Å². The Bertz CT molecular complexity index is 516. The molecule has 2 heterocycles. The van der Waals surface area contributed by atoms with Crippen LogP contribution in [0.5, 0.6) is 0 Å². The number of aliphatic imine (C=N–C) groups is 1. The number of halogens is 1. The second-order valence-corrected chi connectivity index (χ2v) is 6.25. The van der Waals surface area contributed by atoms with Gasteiger partial charge in [0.25, 0.3) is 5.91 Å². The predicted octanol–water partition coefficient (Wildman–Crippen LogP) is 2.13. The van der Waals surface area contributed by atoms with Crippen LogP contribution >= 0.6 is 15.9 Å². The number of carbonyl (C=O) groups excluding carboxylic acids is 1. The highest BCUT2D eigenvalue weighted by Crippen LogP contribution is 2.31. The van der Waals surface area contributed by atoms with Crippen LogP contribution in [0.3, 0.4) is 0 Å². The van der Waals surface area contributed by atoms with E-state index in [0.717, 1.165) is 0 Å². The molecule has 5 nitrogen and oxygen atoms in total. The Morgan fingerprint density at radius 2 is 2.11 bits per heavy atom. The molecule has 0 radical (unpaired) electrons. The molecule has 0 saturated heterocycles. The molecule has 1 unspecified atom stereocenters. The molecule has 1 aromatic heterocycles. The number of hydrogen-bond acceptors (Lipinski definition) is 4. The number of amides is 1. The first kappa shape index (κ1) is 13.1. The van der Waals surface area contributed by atoms with E-state index in [1.807, 2.05) is 20.8 Å². The molecule has 0 aromatic carbocycles. The van der Waals surface area contributed by atoms with Gasteiger partial charge in [0.2, 0.25) is 0 Å². The van der Waals surface area contributed by atoms with Crippen LogP contribution in [0.1, 0.15) is 33.5 Å². The quantitative estimate of drug-likeness (QED) is 0.834. The lowest BCUT2D eigenvalue weighted by atomic mass is 10.0. The third kappa shape index (κ3) is 2.43. The molecule has 2 rings (SSSR count). The van der Waals surface area contributed by atoms with Crippen molar-refractivity contribution >= 4 is 27.8 Å². The van der Waals surface area contributed by atoms with Gasteiger partial charge < -0.3 is 9.73 Å². The van der Waals surface area contributed by atoms with E-state index < -0.39 is 5.54 Å². The van der Waals surface area contributed by atoms with Crippen LogP contribution in [-0.4, -0.2) is 17.4 Å². The Labute approximate surface area is 114 Å². The summed E-state index contributed by atoms with van der Waals surface area (Å²) in [5, 5.41) is 5.88.